The number of urea groups is 1. The molecule has 0 bridgehead atoms. The second-order valence-corrected chi connectivity index (χ2v) is 6.65. The molecule has 0 heterocycles. The molecule has 4 nitrogen and oxygen atoms in total. The van der Waals surface area contributed by atoms with Crippen LogP contribution in [0.2, 0.25) is 5.02 Å². The van der Waals surface area contributed by atoms with Gasteiger partial charge in [-0.25, -0.2) is 4.79 Å². The monoisotopic (exact) mass is 324 g/mol. The van der Waals surface area contributed by atoms with Crippen LogP contribution < -0.4 is 5.32 Å². The van der Waals surface area contributed by atoms with Gasteiger partial charge in [0.2, 0.25) is 0 Å². The van der Waals surface area contributed by atoms with Gasteiger partial charge in [0.05, 0.1) is 12.1 Å². The maximum atomic E-state index is 12.3. The van der Waals surface area contributed by atoms with E-state index in [-0.39, 0.29) is 24.1 Å². The standard InChI is InChI=1S/C17H25ClN2O2/c1-12(13-7-9-15(18)10-8-13)19-17(22)20(2)11-14-5-3-4-6-16(14)21/h7-10,12,14,16,21H,3-6,11H2,1-2H3,(H,19,22). The van der Waals surface area contributed by atoms with E-state index in [1.165, 1.54) is 0 Å². The van der Waals surface area contributed by atoms with E-state index in [1.807, 2.05) is 31.2 Å². The number of nitrogens with zero attached hydrogens (tertiary/aromatic N) is 1. The van der Waals surface area contributed by atoms with E-state index in [0.717, 1.165) is 31.2 Å². The van der Waals surface area contributed by atoms with E-state index in [9.17, 15) is 9.90 Å². The van der Waals surface area contributed by atoms with Gasteiger partial charge in [-0.3, -0.25) is 0 Å². The summed E-state index contributed by atoms with van der Waals surface area (Å²) in [5.41, 5.74) is 1.02. The van der Waals surface area contributed by atoms with Crippen molar-refractivity contribution >= 4 is 17.6 Å². The van der Waals surface area contributed by atoms with Gasteiger partial charge in [0, 0.05) is 24.5 Å². The third-order valence-electron chi connectivity index (χ3n) is 4.43. The van der Waals surface area contributed by atoms with Gasteiger partial charge < -0.3 is 15.3 Å². The molecule has 3 atom stereocenters. The highest BCUT2D eigenvalue weighted by atomic mass is 35.5. The first-order chi connectivity index (χ1) is 10.5. The maximum absolute atomic E-state index is 12.3. The molecule has 0 aliphatic heterocycles. The summed E-state index contributed by atoms with van der Waals surface area (Å²) in [6.07, 6.45) is 3.78. The Balaban J connectivity index is 1.86. The molecule has 0 radical (unpaired) electrons. The van der Waals surface area contributed by atoms with E-state index in [2.05, 4.69) is 5.32 Å². The van der Waals surface area contributed by atoms with Gasteiger partial charge in [0.1, 0.15) is 0 Å². The average Bonchev–Trinajstić information content (AvgIpc) is 2.50. The summed E-state index contributed by atoms with van der Waals surface area (Å²) in [5, 5.41) is 13.7. The van der Waals surface area contributed by atoms with Crippen LogP contribution in [0.25, 0.3) is 0 Å². The fraction of sp³-hybridized carbons (Fsp3) is 0.588. The van der Waals surface area contributed by atoms with Crippen molar-refractivity contribution in [1.29, 1.82) is 0 Å². The highest BCUT2D eigenvalue weighted by molar-refractivity contribution is 6.30. The second kappa shape index (κ2) is 7.84. The number of amides is 2. The summed E-state index contributed by atoms with van der Waals surface area (Å²) in [6, 6.07) is 7.28. The fourth-order valence-electron chi connectivity index (χ4n) is 2.97. The Morgan fingerprint density at radius 3 is 2.64 bits per heavy atom. The highest BCUT2D eigenvalue weighted by Gasteiger charge is 2.26. The summed E-state index contributed by atoms with van der Waals surface area (Å²) in [6.45, 7) is 2.55. The lowest BCUT2D eigenvalue weighted by atomic mass is 9.86. The number of halogens is 1. The molecule has 1 saturated carbocycles. The first-order valence-corrected chi connectivity index (χ1v) is 8.30. The zero-order valence-electron chi connectivity index (χ0n) is 13.3. The minimum Gasteiger partial charge on any atom is -0.393 e. The Hall–Kier alpha value is -1.26. The molecule has 1 aromatic carbocycles. The van der Waals surface area contributed by atoms with Crippen LogP contribution in [0.4, 0.5) is 4.79 Å². The largest absolute Gasteiger partial charge is 0.393 e. The number of carbonyl (C=O) groups excluding carboxylic acids is 1. The second-order valence-electron chi connectivity index (χ2n) is 6.22. The van der Waals surface area contributed by atoms with Crippen molar-refractivity contribution < 1.29 is 9.90 Å². The Morgan fingerprint density at radius 2 is 2.00 bits per heavy atom. The van der Waals surface area contributed by atoms with E-state index in [0.29, 0.717) is 11.6 Å². The smallest absolute Gasteiger partial charge is 0.317 e. The molecule has 5 heteroatoms. The summed E-state index contributed by atoms with van der Waals surface area (Å²) in [5.74, 6) is 0.190. The van der Waals surface area contributed by atoms with Gasteiger partial charge in [0.15, 0.2) is 0 Å². The van der Waals surface area contributed by atoms with Gasteiger partial charge in [-0.1, -0.05) is 36.6 Å². The van der Waals surface area contributed by atoms with Crippen LogP contribution in [-0.4, -0.2) is 35.7 Å². The number of rotatable bonds is 4. The van der Waals surface area contributed by atoms with E-state index >= 15 is 0 Å². The SMILES string of the molecule is CC(NC(=O)N(C)CC1CCCCC1O)c1ccc(Cl)cc1. The zero-order chi connectivity index (χ0) is 16.1. The van der Waals surface area contributed by atoms with Crippen LogP contribution in [0.1, 0.15) is 44.2 Å². The molecule has 1 aliphatic rings. The van der Waals surface area contributed by atoms with E-state index in [4.69, 9.17) is 11.6 Å². The minimum absolute atomic E-state index is 0.0801. The predicted molar refractivity (Wildman–Crippen MR) is 89.0 cm³/mol. The Morgan fingerprint density at radius 1 is 1.36 bits per heavy atom. The molecule has 1 aliphatic carbocycles. The van der Waals surface area contributed by atoms with Crippen LogP contribution >= 0.6 is 11.6 Å². The Bertz CT molecular complexity index is 492. The van der Waals surface area contributed by atoms with Crippen molar-refractivity contribution in [2.75, 3.05) is 13.6 Å². The van der Waals surface area contributed by atoms with Crippen LogP contribution in [0.3, 0.4) is 0 Å². The molecule has 0 spiro atoms. The van der Waals surface area contributed by atoms with E-state index < -0.39 is 0 Å². The first kappa shape index (κ1) is 17.1. The summed E-state index contributed by atoms with van der Waals surface area (Å²) in [4.78, 5) is 14.0. The summed E-state index contributed by atoms with van der Waals surface area (Å²) < 4.78 is 0. The van der Waals surface area contributed by atoms with Crippen molar-refractivity contribution in [2.24, 2.45) is 5.92 Å². The van der Waals surface area contributed by atoms with Crippen molar-refractivity contribution in [3.8, 4) is 0 Å². The first-order valence-electron chi connectivity index (χ1n) is 7.92. The van der Waals surface area contributed by atoms with Crippen molar-refractivity contribution in [2.45, 2.75) is 44.8 Å². The van der Waals surface area contributed by atoms with Crippen molar-refractivity contribution in [3.63, 3.8) is 0 Å². The molecule has 2 amide bonds. The van der Waals surface area contributed by atoms with Gasteiger partial charge >= 0.3 is 6.03 Å². The minimum atomic E-state index is -0.280. The maximum Gasteiger partial charge on any atom is 0.317 e. The molecule has 2 N–H and O–H groups in total. The molecule has 2 rings (SSSR count). The quantitative estimate of drug-likeness (QED) is 0.889. The summed E-state index contributed by atoms with van der Waals surface area (Å²) >= 11 is 5.88. The van der Waals surface area contributed by atoms with Gasteiger partial charge in [-0.2, -0.15) is 0 Å². The van der Waals surface area contributed by atoms with Crippen LogP contribution in [0, 0.1) is 5.92 Å². The van der Waals surface area contributed by atoms with Gasteiger partial charge in [-0.15, -0.1) is 0 Å². The molecule has 0 saturated heterocycles. The van der Waals surface area contributed by atoms with Gasteiger partial charge in [0.25, 0.3) is 0 Å². The number of hydrogen-bond acceptors (Lipinski definition) is 2. The Kier molecular flexibility index (Phi) is 6.09. The molecule has 3 unspecified atom stereocenters. The number of nitrogens with one attached hydrogen (secondary N) is 1. The molecule has 22 heavy (non-hydrogen) atoms. The molecule has 1 fully saturated rings. The lowest BCUT2D eigenvalue weighted by Gasteiger charge is -2.31. The van der Waals surface area contributed by atoms with Crippen LogP contribution in [0.5, 0.6) is 0 Å². The highest BCUT2D eigenvalue weighted by Crippen LogP contribution is 2.25. The Labute approximate surface area is 137 Å². The molecule has 1 aromatic rings. The van der Waals surface area contributed by atoms with Gasteiger partial charge in [-0.05, 0) is 37.5 Å². The third-order valence-corrected chi connectivity index (χ3v) is 4.69. The topological polar surface area (TPSA) is 52.6 Å². The third kappa shape index (κ3) is 4.62. The van der Waals surface area contributed by atoms with Crippen molar-refractivity contribution in [3.05, 3.63) is 34.9 Å². The lowest BCUT2D eigenvalue weighted by Crippen LogP contribution is -2.43. The molecule has 0 aromatic heterocycles. The number of benzene rings is 1. The summed E-state index contributed by atoms with van der Waals surface area (Å²) in [7, 11) is 1.78. The normalized spacial score (nSPS) is 22.9. The zero-order valence-corrected chi connectivity index (χ0v) is 14.0. The predicted octanol–water partition coefficient (Wildman–Crippen LogP) is 3.59. The van der Waals surface area contributed by atoms with Crippen molar-refractivity contribution in [1.82, 2.24) is 10.2 Å². The van der Waals surface area contributed by atoms with Crippen LogP contribution in [-0.2, 0) is 0 Å². The number of aliphatic hydroxyl groups is 1. The van der Waals surface area contributed by atoms with E-state index in [1.54, 1.807) is 11.9 Å². The van der Waals surface area contributed by atoms with Crippen LogP contribution in [0.15, 0.2) is 24.3 Å². The molecular formula is C17H25ClN2O2. The molecular weight excluding hydrogens is 300 g/mol. The fourth-order valence-corrected chi connectivity index (χ4v) is 3.09. The molecule has 122 valence electrons. The number of aliphatic hydroxyl groups excluding tert-OH is 1. The average molecular weight is 325 g/mol. The number of hydrogen-bond donors (Lipinski definition) is 2. The number of carbonyl (C=O) groups is 1. The lowest BCUT2D eigenvalue weighted by molar-refractivity contribution is 0.0563.